The second-order valence-electron chi connectivity index (χ2n) is 3.12. The molecule has 0 heterocycles. The van der Waals surface area contributed by atoms with Crippen molar-refractivity contribution in [2.24, 2.45) is 0 Å². The van der Waals surface area contributed by atoms with Crippen molar-refractivity contribution in [1.29, 1.82) is 0 Å². The molecule has 0 aliphatic rings. The monoisotopic (exact) mass is 235 g/mol. The molecule has 1 aromatic carbocycles. The van der Waals surface area contributed by atoms with Gasteiger partial charge in [-0.2, -0.15) is 13.2 Å². The van der Waals surface area contributed by atoms with Crippen LogP contribution >= 0.6 is 0 Å². The van der Waals surface area contributed by atoms with E-state index in [1.54, 1.807) is 6.07 Å². The maximum Gasteiger partial charge on any atom is 0.392 e. The van der Waals surface area contributed by atoms with Gasteiger partial charge in [0.05, 0.1) is 25.8 Å². The highest BCUT2D eigenvalue weighted by atomic mass is 19.4. The Morgan fingerprint density at radius 1 is 1.31 bits per heavy atom. The Labute approximate surface area is 91.0 Å². The Morgan fingerprint density at radius 2 is 2.00 bits per heavy atom. The lowest BCUT2D eigenvalue weighted by Gasteiger charge is -2.11. The largest absolute Gasteiger partial charge is 0.497 e. The van der Waals surface area contributed by atoms with Gasteiger partial charge < -0.3 is 15.2 Å². The van der Waals surface area contributed by atoms with E-state index in [1.807, 2.05) is 0 Å². The highest BCUT2D eigenvalue weighted by molar-refractivity contribution is 5.56. The predicted octanol–water partition coefficient (Wildman–Crippen LogP) is 2.61. The first kappa shape index (κ1) is 12.5. The van der Waals surface area contributed by atoms with Crippen LogP contribution in [0.2, 0.25) is 0 Å². The van der Waals surface area contributed by atoms with E-state index in [-0.39, 0.29) is 11.4 Å². The fourth-order valence-corrected chi connectivity index (χ4v) is 1.06. The minimum absolute atomic E-state index is 0.227. The predicted molar refractivity (Wildman–Crippen MR) is 53.6 cm³/mol. The minimum atomic E-state index is -4.22. The van der Waals surface area contributed by atoms with Crippen molar-refractivity contribution in [2.45, 2.75) is 12.6 Å². The summed E-state index contributed by atoms with van der Waals surface area (Å²) < 4.78 is 45.3. The van der Waals surface area contributed by atoms with Crippen LogP contribution in [-0.4, -0.2) is 19.9 Å². The van der Waals surface area contributed by atoms with Crippen molar-refractivity contribution >= 4 is 5.69 Å². The quantitative estimate of drug-likeness (QED) is 0.816. The zero-order valence-electron chi connectivity index (χ0n) is 8.67. The van der Waals surface area contributed by atoms with E-state index in [0.717, 1.165) is 0 Å². The number of methoxy groups -OCH3 is 1. The van der Waals surface area contributed by atoms with E-state index in [1.165, 1.54) is 19.2 Å². The fraction of sp³-hybridized carbons (Fsp3) is 0.400. The molecule has 0 atom stereocenters. The molecule has 0 saturated carbocycles. The molecular formula is C10H12F3NO2. The summed E-state index contributed by atoms with van der Waals surface area (Å²) in [5, 5.41) is 0. The number of anilines is 1. The van der Waals surface area contributed by atoms with Crippen molar-refractivity contribution in [1.82, 2.24) is 0 Å². The number of nitrogen functional groups attached to an aromatic ring is 1. The maximum atomic E-state index is 11.8. The van der Waals surface area contributed by atoms with Gasteiger partial charge in [0.25, 0.3) is 0 Å². The lowest BCUT2D eigenvalue weighted by Crippen LogP contribution is -2.13. The van der Waals surface area contributed by atoms with Gasteiger partial charge in [0, 0.05) is 6.07 Å². The molecule has 0 radical (unpaired) electrons. The molecule has 0 amide bonds. The van der Waals surface area contributed by atoms with E-state index >= 15 is 0 Å². The van der Waals surface area contributed by atoms with Crippen molar-refractivity contribution in [3.8, 4) is 11.5 Å². The first-order chi connectivity index (χ1) is 7.42. The van der Waals surface area contributed by atoms with Gasteiger partial charge in [-0.3, -0.25) is 0 Å². The second-order valence-corrected chi connectivity index (χ2v) is 3.12. The summed E-state index contributed by atoms with van der Waals surface area (Å²) in [5.74, 6) is 0.755. The van der Waals surface area contributed by atoms with Gasteiger partial charge in [-0.05, 0) is 12.1 Å². The SMILES string of the molecule is COc1ccc(OCCC(F)(F)F)c(N)c1. The molecule has 2 N–H and O–H groups in total. The van der Waals surface area contributed by atoms with Gasteiger partial charge in [0.15, 0.2) is 0 Å². The number of hydrogen-bond donors (Lipinski definition) is 1. The number of benzene rings is 1. The third-order valence-corrected chi connectivity index (χ3v) is 1.86. The van der Waals surface area contributed by atoms with Crippen LogP contribution in [0.25, 0.3) is 0 Å². The van der Waals surface area contributed by atoms with E-state index in [2.05, 4.69) is 0 Å². The molecule has 0 saturated heterocycles. The Kier molecular flexibility index (Phi) is 3.87. The van der Waals surface area contributed by atoms with Crippen LogP contribution in [0, 0.1) is 0 Å². The number of rotatable bonds is 4. The fourth-order valence-electron chi connectivity index (χ4n) is 1.06. The molecule has 0 aromatic heterocycles. The van der Waals surface area contributed by atoms with Gasteiger partial charge >= 0.3 is 6.18 Å². The van der Waals surface area contributed by atoms with Crippen molar-refractivity contribution in [2.75, 3.05) is 19.5 Å². The number of nitrogens with two attached hydrogens (primary N) is 1. The summed E-state index contributed by atoms with van der Waals surface area (Å²) in [6.07, 6.45) is -5.22. The third kappa shape index (κ3) is 3.88. The molecular weight excluding hydrogens is 223 g/mol. The van der Waals surface area contributed by atoms with Crippen molar-refractivity contribution in [3.05, 3.63) is 18.2 Å². The van der Waals surface area contributed by atoms with E-state index in [9.17, 15) is 13.2 Å². The Hall–Kier alpha value is -1.59. The van der Waals surface area contributed by atoms with E-state index in [4.69, 9.17) is 15.2 Å². The summed E-state index contributed by atoms with van der Waals surface area (Å²) in [4.78, 5) is 0. The van der Waals surface area contributed by atoms with Crippen molar-refractivity contribution < 1.29 is 22.6 Å². The first-order valence-corrected chi connectivity index (χ1v) is 4.55. The highest BCUT2D eigenvalue weighted by Gasteiger charge is 2.26. The summed E-state index contributed by atoms with van der Waals surface area (Å²) >= 11 is 0. The van der Waals surface area contributed by atoms with Gasteiger partial charge in [-0.15, -0.1) is 0 Å². The zero-order chi connectivity index (χ0) is 12.2. The number of hydrogen-bond acceptors (Lipinski definition) is 3. The van der Waals surface area contributed by atoms with Crippen LogP contribution in [-0.2, 0) is 0 Å². The van der Waals surface area contributed by atoms with Crippen LogP contribution in [0.4, 0.5) is 18.9 Å². The van der Waals surface area contributed by atoms with Crippen LogP contribution < -0.4 is 15.2 Å². The number of alkyl halides is 3. The van der Waals surface area contributed by atoms with Crippen LogP contribution in [0.3, 0.4) is 0 Å². The van der Waals surface area contributed by atoms with Gasteiger partial charge in [-0.1, -0.05) is 0 Å². The summed E-state index contributed by atoms with van der Waals surface area (Å²) in [7, 11) is 1.47. The zero-order valence-corrected chi connectivity index (χ0v) is 8.67. The molecule has 0 bridgehead atoms. The molecule has 0 aliphatic heterocycles. The standard InChI is InChI=1S/C10H12F3NO2/c1-15-7-2-3-9(8(14)6-7)16-5-4-10(11,12)13/h2-3,6H,4-5,14H2,1H3. The molecule has 90 valence electrons. The van der Waals surface area contributed by atoms with Crippen LogP contribution in [0.1, 0.15) is 6.42 Å². The van der Waals surface area contributed by atoms with Crippen molar-refractivity contribution in [3.63, 3.8) is 0 Å². The Balaban J connectivity index is 2.55. The molecule has 1 aromatic rings. The summed E-state index contributed by atoms with van der Waals surface area (Å²) in [6.45, 7) is -0.444. The number of halogens is 3. The average Bonchev–Trinajstić information content (AvgIpc) is 2.18. The van der Waals surface area contributed by atoms with E-state index < -0.39 is 19.2 Å². The first-order valence-electron chi connectivity index (χ1n) is 4.55. The van der Waals surface area contributed by atoms with Crippen LogP contribution in [0.15, 0.2) is 18.2 Å². The minimum Gasteiger partial charge on any atom is -0.497 e. The topological polar surface area (TPSA) is 44.5 Å². The Bertz CT molecular complexity index is 352. The van der Waals surface area contributed by atoms with Gasteiger partial charge in [-0.25, -0.2) is 0 Å². The average molecular weight is 235 g/mol. The summed E-state index contributed by atoms with van der Waals surface area (Å²) in [6, 6.07) is 4.53. The molecule has 6 heteroatoms. The van der Waals surface area contributed by atoms with Crippen LogP contribution in [0.5, 0.6) is 11.5 Å². The molecule has 0 fully saturated rings. The van der Waals surface area contributed by atoms with E-state index in [0.29, 0.717) is 5.75 Å². The summed E-state index contributed by atoms with van der Waals surface area (Å²) in [5.41, 5.74) is 5.81. The maximum absolute atomic E-state index is 11.8. The third-order valence-electron chi connectivity index (χ3n) is 1.86. The number of ether oxygens (including phenoxy) is 2. The molecule has 1 rings (SSSR count). The smallest absolute Gasteiger partial charge is 0.392 e. The molecule has 0 unspecified atom stereocenters. The van der Waals surface area contributed by atoms with Gasteiger partial charge in [0.2, 0.25) is 0 Å². The van der Waals surface area contributed by atoms with Gasteiger partial charge in [0.1, 0.15) is 11.5 Å². The lowest BCUT2D eigenvalue weighted by atomic mass is 10.3. The second kappa shape index (κ2) is 4.96. The highest BCUT2D eigenvalue weighted by Crippen LogP contribution is 2.27. The molecule has 3 nitrogen and oxygen atoms in total. The molecule has 0 spiro atoms. The normalized spacial score (nSPS) is 11.2. The molecule has 0 aliphatic carbocycles. The lowest BCUT2D eigenvalue weighted by molar-refractivity contribution is -0.139. The molecule has 16 heavy (non-hydrogen) atoms. The Morgan fingerprint density at radius 3 is 2.50 bits per heavy atom.